The van der Waals surface area contributed by atoms with Crippen LogP contribution in [0.4, 0.5) is 4.39 Å². The quantitative estimate of drug-likeness (QED) is 0.852. The third-order valence-corrected chi connectivity index (χ3v) is 3.37. The maximum atomic E-state index is 14.3. The van der Waals surface area contributed by atoms with Crippen LogP contribution < -0.4 is 10.1 Å². The molecule has 0 radical (unpaired) electrons. The van der Waals surface area contributed by atoms with E-state index in [1.54, 1.807) is 29.3 Å². The van der Waals surface area contributed by atoms with E-state index in [9.17, 15) is 4.39 Å². The second-order valence-corrected chi connectivity index (χ2v) is 5.29. The van der Waals surface area contributed by atoms with Crippen LogP contribution >= 0.6 is 0 Å². The topological polar surface area (TPSA) is 52.0 Å². The van der Waals surface area contributed by atoms with E-state index in [4.69, 9.17) is 4.74 Å². The molecule has 0 unspecified atom stereocenters. The van der Waals surface area contributed by atoms with Crippen LogP contribution in [0.25, 0.3) is 0 Å². The monoisotopic (exact) mass is 290 g/mol. The second-order valence-electron chi connectivity index (χ2n) is 5.29. The van der Waals surface area contributed by atoms with E-state index in [1.165, 1.54) is 12.8 Å². The highest BCUT2D eigenvalue weighted by Crippen LogP contribution is 2.25. The summed E-state index contributed by atoms with van der Waals surface area (Å²) in [5, 5.41) is 7.44. The highest BCUT2D eigenvalue weighted by Gasteiger charge is 2.21. The molecule has 0 spiro atoms. The number of ether oxygens (including phenoxy) is 1. The van der Waals surface area contributed by atoms with Crippen LogP contribution in [0.15, 0.2) is 24.7 Å². The van der Waals surface area contributed by atoms with Gasteiger partial charge in [-0.25, -0.2) is 9.37 Å². The van der Waals surface area contributed by atoms with E-state index in [1.807, 2.05) is 0 Å². The van der Waals surface area contributed by atoms with Gasteiger partial charge in [-0.2, -0.15) is 5.10 Å². The molecule has 1 saturated carbocycles. The molecule has 21 heavy (non-hydrogen) atoms. The lowest BCUT2D eigenvalue weighted by atomic mass is 10.2. The molecule has 1 N–H and O–H groups in total. The van der Waals surface area contributed by atoms with Crippen molar-refractivity contribution < 1.29 is 9.13 Å². The van der Waals surface area contributed by atoms with Crippen LogP contribution in [-0.4, -0.2) is 20.8 Å². The van der Waals surface area contributed by atoms with Gasteiger partial charge >= 0.3 is 0 Å². The molecule has 2 aromatic rings. The van der Waals surface area contributed by atoms with Crippen molar-refractivity contribution >= 4 is 0 Å². The van der Waals surface area contributed by atoms with Crippen molar-refractivity contribution in [3.05, 3.63) is 36.0 Å². The maximum Gasteiger partial charge on any atom is 0.256 e. The van der Waals surface area contributed by atoms with Crippen LogP contribution in [-0.2, 0) is 13.1 Å². The Bertz CT molecular complexity index is 609. The summed E-state index contributed by atoms with van der Waals surface area (Å²) >= 11 is 0. The SMILES string of the molecule is CCCn1cc(Oc2nccc(CNC3CC3)c2F)cn1. The smallest absolute Gasteiger partial charge is 0.256 e. The summed E-state index contributed by atoms with van der Waals surface area (Å²) in [6.45, 7) is 3.38. The van der Waals surface area contributed by atoms with Crippen molar-refractivity contribution in [3.63, 3.8) is 0 Å². The molecule has 2 heterocycles. The molecular formula is C15H19FN4O. The third kappa shape index (κ3) is 3.58. The van der Waals surface area contributed by atoms with Gasteiger partial charge in [-0.15, -0.1) is 0 Å². The largest absolute Gasteiger partial charge is 0.433 e. The minimum absolute atomic E-state index is 0.00106. The minimum Gasteiger partial charge on any atom is -0.433 e. The molecule has 112 valence electrons. The van der Waals surface area contributed by atoms with Gasteiger partial charge in [0, 0.05) is 30.9 Å². The molecule has 0 atom stereocenters. The van der Waals surface area contributed by atoms with Crippen LogP contribution in [0.2, 0.25) is 0 Å². The molecule has 3 rings (SSSR count). The molecule has 2 aromatic heterocycles. The highest BCUT2D eigenvalue weighted by atomic mass is 19.1. The summed E-state index contributed by atoms with van der Waals surface area (Å²) in [4.78, 5) is 3.97. The predicted octanol–water partition coefficient (Wildman–Crippen LogP) is 2.87. The Balaban J connectivity index is 1.69. The van der Waals surface area contributed by atoms with E-state index in [2.05, 4.69) is 22.3 Å². The number of nitrogens with one attached hydrogen (secondary N) is 1. The zero-order valence-electron chi connectivity index (χ0n) is 12.1. The van der Waals surface area contributed by atoms with Crippen molar-refractivity contribution in [3.8, 4) is 11.6 Å². The van der Waals surface area contributed by atoms with Gasteiger partial charge in [-0.05, 0) is 25.3 Å². The number of aryl methyl sites for hydroxylation is 1. The average molecular weight is 290 g/mol. The Hall–Kier alpha value is -1.95. The molecule has 0 saturated heterocycles. The van der Waals surface area contributed by atoms with E-state index in [-0.39, 0.29) is 5.88 Å². The van der Waals surface area contributed by atoms with Crippen LogP contribution in [0.5, 0.6) is 11.6 Å². The molecule has 0 amide bonds. The molecule has 1 aliphatic carbocycles. The minimum atomic E-state index is -0.408. The van der Waals surface area contributed by atoms with E-state index in [0.29, 0.717) is 23.9 Å². The lowest BCUT2D eigenvalue weighted by Crippen LogP contribution is -2.16. The number of nitrogens with zero attached hydrogens (tertiary/aromatic N) is 3. The molecule has 6 heteroatoms. The van der Waals surface area contributed by atoms with Gasteiger partial charge in [0.15, 0.2) is 11.6 Å². The maximum absolute atomic E-state index is 14.3. The van der Waals surface area contributed by atoms with Crippen LogP contribution in [0.1, 0.15) is 31.7 Å². The second kappa shape index (κ2) is 6.22. The summed E-state index contributed by atoms with van der Waals surface area (Å²) in [6.07, 6.45) is 8.22. The third-order valence-electron chi connectivity index (χ3n) is 3.37. The number of pyridine rings is 1. The first kappa shape index (κ1) is 14.0. The van der Waals surface area contributed by atoms with Crippen LogP contribution in [0, 0.1) is 5.82 Å². The van der Waals surface area contributed by atoms with Gasteiger partial charge in [-0.3, -0.25) is 4.68 Å². The Kier molecular flexibility index (Phi) is 4.15. The molecule has 0 bridgehead atoms. The molecule has 0 aromatic carbocycles. The first-order chi connectivity index (χ1) is 10.3. The summed E-state index contributed by atoms with van der Waals surface area (Å²) < 4.78 is 21.6. The molecular weight excluding hydrogens is 271 g/mol. The number of rotatable bonds is 7. The Morgan fingerprint density at radius 1 is 1.48 bits per heavy atom. The Morgan fingerprint density at radius 2 is 2.33 bits per heavy atom. The fraction of sp³-hybridized carbons (Fsp3) is 0.467. The number of hydrogen-bond donors (Lipinski definition) is 1. The van der Waals surface area contributed by atoms with Crippen molar-refractivity contribution in [2.75, 3.05) is 0 Å². The van der Waals surface area contributed by atoms with E-state index >= 15 is 0 Å². The van der Waals surface area contributed by atoms with Gasteiger partial charge in [0.05, 0.1) is 12.4 Å². The normalized spacial score (nSPS) is 14.4. The zero-order chi connectivity index (χ0) is 14.7. The molecule has 5 nitrogen and oxygen atoms in total. The van der Waals surface area contributed by atoms with Gasteiger partial charge in [-0.1, -0.05) is 6.92 Å². The van der Waals surface area contributed by atoms with Crippen molar-refractivity contribution in [1.29, 1.82) is 0 Å². The predicted molar refractivity (Wildman–Crippen MR) is 76.6 cm³/mol. The summed E-state index contributed by atoms with van der Waals surface area (Å²) in [5.74, 6) is 0.0946. The number of hydrogen-bond acceptors (Lipinski definition) is 4. The van der Waals surface area contributed by atoms with Gasteiger partial charge in [0.2, 0.25) is 0 Å². The fourth-order valence-electron chi connectivity index (χ4n) is 2.07. The van der Waals surface area contributed by atoms with Crippen molar-refractivity contribution in [1.82, 2.24) is 20.1 Å². The summed E-state index contributed by atoms with van der Waals surface area (Å²) in [6, 6.07) is 2.21. The highest BCUT2D eigenvalue weighted by molar-refractivity contribution is 5.28. The number of halogens is 1. The van der Waals surface area contributed by atoms with E-state index < -0.39 is 5.82 Å². The van der Waals surface area contributed by atoms with Gasteiger partial charge < -0.3 is 10.1 Å². The van der Waals surface area contributed by atoms with Gasteiger partial charge in [0.1, 0.15) is 0 Å². The zero-order valence-corrected chi connectivity index (χ0v) is 12.1. The standard InChI is InChI=1S/C15H19FN4O/c1-2-7-20-10-13(9-19-20)21-15-14(16)11(5-6-17-15)8-18-12-3-4-12/h5-6,9-10,12,18H,2-4,7-8H2,1H3. The average Bonchev–Trinajstić information content (AvgIpc) is 3.21. The van der Waals surface area contributed by atoms with Crippen molar-refractivity contribution in [2.45, 2.75) is 45.3 Å². The first-order valence-corrected chi connectivity index (χ1v) is 7.33. The Morgan fingerprint density at radius 3 is 3.10 bits per heavy atom. The molecule has 0 aliphatic heterocycles. The lowest BCUT2D eigenvalue weighted by Gasteiger charge is -2.08. The summed E-state index contributed by atoms with van der Waals surface area (Å²) in [7, 11) is 0. The fourth-order valence-corrected chi connectivity index (χ4v) is 2.07. The number of aromatic nitrogens is 3. The molecule has 1 aliphatic rings. The van der Waals surface area contributed by atoms with E-state index in [0.717, 1.165) is 13.0 Å². The van der Waals surface area contributed by atoms with Crippen molar-refractivity contribution in [2.24, 2.45) is 0 Å². The first-order valence-electron chi connectivity index (χ1n) is 7.33. The Labute approximate surface area is 123 Å². The lowest BCUT2D eigenvalue weighted by molar-refractivity contribution is 0.416. The van der Waals surface area contributed by atoms with Gasteiger partial charge in [0.25, 0.3) is 5.88 Å². The van der Waals surface area contributed by atoms with Crippen LogP contribution in [0.3, 0.4) is 0 Å². The molecule has 1 fully saturated rings. The summed E-state index contributed by atoms with van der Waals surface area (Å²) in [5.41, 5.74) is 0.577.